The number of unbranched alkanes of at least 4 members (excludes halogenated alkanes) is 1. The van der Waals surface area contributed by atoms with Crippen LogP contribution in [0.3, 0.4) is 0 Å². The highest BCUT2D eigenvalue weighted by atomic mass is 16.5. The van der Waals surface area contributed by atoms with E-state index in [2.05, 4.69) is 13.5 Å². The van der Waals surface area contributed by atoms with Crippen molar-refractivity contribution in [1.29, 1.82) is 0 Å². The van der Waals surface area contributed by atoms with E-state index in [9.17, 15) is 5.11 Å². The molecule has 0 aromatic rings. The van der Waals surface area contributed by atoms with Gasteiger partial charge in [-0.2, -0.15) is 0 Å². The van der Waals surface area contributed by atoms with E-state index in [0.717, 1.165) is 19.3 Å². The normalized spacial score (nSPS) is 12.8. The van der Waals surface area contributed by atoms with Gasteiger partial charge in [0.25, 0.3) is 0 Å². The molecule has 0 aromatic carbocycles. The fourth-order valence-corrected chi connectivity index (χ4v) is 1.10. The molecule has 71 valence electrons. The molecule has 0 N–H and O–H groups in total. The predicted octanol–water partition coefficient (Wildman–Crippen LogP) is 2.57. The maximum absolute atomic E-state index is 10.2. The second-order valence-electron chi connectivity index (χ2n) is 2.86. The predicted molar refractivity (Wildman–Crippen MR) is 49.6 cm³/mol. The molecule has 1 radical (unpaired) electrons. The van der Waals surface area contributed by atoms with Crippen molar-refractivity contribution in [2.24, 2.45) is 0 Å². The molecule has 0 saturated heterocycles. The first-order valence-corrected chi connectivity index (χ1v) is 4.65. The minimum atomic E-state index is -0.139. The maximum atomic E-state index is 10.2. The molecule has 0 aliphatic carbocycles. The number of rotatable bonds is 8. The summed E-state index contributed by atoms with van der Waals surface area (Å²) in [7, 11) is 0. The first-order valence-electron chi connectivity index (χ1n) is 4.65. The molecule has 0 rings (SSSR count). The van der Waals surface area contributed by atoms with Crippen LogP contribution in [0.25, 0.3) is 0 Å². The van der Waals surface area contributed by atoms with Crippen molar-refractivity contribution in [2.45, 2.75) is 38.7 Å². The molecule has 2 nitrogen and oxygen atoms in total. The van der Waals surface area contributed by atoms with Gasteiger partial charge in [0.05, 0.1) is 12.7 Å². The van der Waals surface area contributed by atoms with Crippen molar-refractivity contribution < 1.29 is 9.84 Å². The molecule has 0 aliphatic heterocycles. The lowest BCUT2D eigenvalue weighted by molar-refractivity contribution is 0.00898. The van der Waals surface area contributed by atoms with E-state index >= 15 is 0 Å². The SMILES string of the molecule is C=CCC(CCCC)OCC[O]. The molecular formula is C10H19O2. The summed E-state index contributed by atoms with van der Waals surface area (Å²) < 4.78 is 5.35. The van der Waals surface area contributed by atoms with Crippen molar-refractivity contribution in [2.75, 3.05) is 13.2 Å². The fourth-order valence-electron chi connectivity index (χ4n) is 1.10. The number of ether oxygens (including phenoxy) is 1. The van der Waals surface area contributed by atoms with Gasteiger partial charge in [-0.3, -0.25) is 0 Å². The van der Waals surface area contributed by atoms with E-state index in [4.69, 9.17) is 4.74 Å². The van der Waals surface area contributed by atoms with Crippen LogP contribution in [0.5, 0.6) is 0 Å². The highest BCUT2D eigenvalue weighted by molar-refractivity contribution is 4.73. The van der Waals surface area contributed by atoms with E-state index < -0.39 is 0 Å². The Morgan fingerprint density at radius 3 is 2.83 bits per heavy atom. The van der Waals surface area contributed by atoms with Crippen molar-refractivity contribution in [3.8, 4) is 0 Å². The van der Waals surface area contributed by atoms with Crippen molar-refractivity contribution in [3.63, 3.8) is 0 Å². The molecule has 1 unspecified atom stereocenters. The van der Waals surface area contributed by atoms with E-state index in [1.807, 2.05) is 6.08 Å². The monoisotopic (exact) mass is 171 g/mol. The van der Waals surface area contributed by atoms with Crippen LogP contribution in [-0.2, 0) is 9.84 Å². The summed E-state index contributed by atoms with van der Waals surface area (Å²) in [6.45, 7) is 6.01. The number of hydrogen-bond donors (Lipinski definition) is 0. The van der Waals surface area contributed by atoms with Gasteiger partial charge in [0.2, 0.25) is 0 Å². The maximum Gasteiger partial charge on any atom is 0.106 e. The summed E-state index contributed by atoms with van der Waals surface area (Å²) in [5, 5.41) is 10.2. The van der Waals surface area contributed by atoms with Gasteiger partial charge in [-0.05, 0) is 12.8 Å². The first-order chi connectivity index (χ1) is 5.85. The van der Waals surface area contributed by atoms with Gasteiger partial charge in [0, 0.05) is 0 Å². The Morgan fingerprint density at radius 1 is 1.58 bits per heavy atom. The third-order valence-electron chi connectivity index (χ3n) is 1.75. The lowest BCUT2D eigenvalue weighted by Crippen LogP contribution is -2.14. The summed E-state index contributed by atoms with van der Waals surface area (Å²) in [5.74, 6) is 0. The summed E-state index contributed by atoms with van der Waals surface area (Å²) in [6.07, 6.45) is 6.32. The molecule has 2 heteroatoms. The van der Waals surface area contributed by atoms with Crippen LogP contribution in [-0.4, -0.2) is 19.3 Å². The molecule has 0 spiro atoms. The Hall–Kier alpha value is -0.340. The van der Waals surface area contributed by atoms with Crippen molar-refractivity contribution >= 4 is 0 Å². The molecule has 12 heavy (non-hydrogen) atoms. The van der Waals surface area contributed by atoms with Gasteiger partial charge in [-0.25, -0.2) is 5.11 Å². The van der Waals surface area contributed by atoms with Crippen LogP contribution in [0.2, 0.25) is 0 Å². The van der Waals surface area contributed by atoms with Gasteiger partial charge < -0.3 is 4.74 Å². The summed E-state index contributed by atoms with van der Waals surface area (Å²) in [4.78, 5) is 0. The van der Waals surface area contributed by atoms with Gasteiger partial charge >= 0.3 is 0 Å². The summed E-state index contributed by atoms with van der Waals surface area (Å²) in [5.41, 5.74) is 0. The second kappa shape index (κ2) is 8.75. The lowest BCUT2D eigenvalue weighted by atomic mass is 10.1. The van der Waals surface area contributed by atoms with E-state index in [-0.39, 0.29) is 12.7 Å². The van der Waals surface area contributed by atoms with Crippen molar-refractivity contribution in [3.05, 3.63) is 12.7 Å². The van der Waals surface area contributed by atoms with Crippen LogP contribution in [0.4, 0.5) is 0 Å². The smallest absolute Gasteiger partial charge is 0.106 e. The third-order valence-corrected chi connectivity index (χ3v) is 1.75. The second-order valence-corrected chi connectivity index (χ2v) is 2.86. The number of hydrogen-bond acceptors (Lipinski definition) is 1. The van der Waals surface area contributed by atoms with Gasteiger partial charge in [0.1, 0.15) is 6.61 Å². The third kappa shape index (κ3) is 6.38. The molecule has 0 bridgehead atoms. The standard InChI is InChI=1S/C10H19O2/c1-3-5-7-10(6-4-2)12-9-8-11/h4,10H,2-3,5-9H2,1H3. The zero-order valence-electron chi connectivity index (χ0n) is 7.92. The largest absolute Gasteiger partial charge is 0.375 e. The Bertz CT molecular complexity index is 94.0. The Labute approximate surface area is 75.2 Å². The zero-order chi connectivity index (χ0) is 9.23. The molecule has 0 aromatic heterocycles. The Kier molecular flexibility index (Phi) is 8.51. The fraction of sp³-hybridized carbons (Fsp3) is 0.800. The quantitative estimate of drug-likeness (QED) is 0.516. The van der Waals surface area contributed by atoms with Crippen LogP contribution in [0, 0.1) is 0 Å². The topological polar surface area (TPSA) is 29.1 Å². The van der Waals surface area contributed by atoms with Crippen molar-refractivity contribution in [1.82, 2.24) is 0 Å². The van der Waals surface area contributed by atoms with E-state index in [0.29, 0.717) is 6.61 Å². The lowest BCUT2D eigenvalue weighted by Gasteiger charge is -2.14. The minimum absolute atomic E-state index is 0.139. The average molecular weight is 171 g/mol. The zero-order valence-corrected chi connectivity index (χ0v) is 7.92. The van der Waals surface area contributed by atoms with E-state index in [1.54, 1.807) is 0 Å². The average Bonchev–Trinajstić information content (AvgIpc) is 2.10. The molecule has 0 saturated carbocycles. The molecule has 0 amide bonds. The van der Waals surface area contributed by atoms with E-state index in [1.165, 1.54) is 6.42 Å². The molecule has 0 fully saturated rings. The van der Waals surface area contributed by atoms with Crippen LogP contribution in [0.1, 0.15) is 32.6 Å². The molecule has 1 atom stereocenters. The van der Waals surface area contributed by atoms with Gasteiger partial charge in [-0.15, -0.1) is 6.58 Å². The molecule has 0 heterocycles. The Balaban J connectivity index is 3.46. The highest BCUT2D eigenvalue weighted by Crippen LogP contribution is 2.08. The van der Waals surface area contributed by atoms with Crippen LogP contribution >= 0.6 is 0 Å². The summed E-state index contributed by atoms with van der Waals surface area (Å²) >= 11 is 0. The highest BCUT2D eigenvalue weighted by Gasteiger charge is 2.05. The van der Waals surface area contributed by atoms with Gasteiger partial charge in [-0.1, -0.05) is 25.8 Å². The Morgan fingerprint density at radius 2 is 2.33 bits per heavy atom. The first kappa shape index (κ1) is 11.7. The van der Waals surface area contributed by atoms with Crippen LogP contribution in [0.15, 0.2) is 12.7 Å². The molecule has 0 aliphatic rings. The minimum Gasteiger partial charge on any atom is -0.375 e. The van der Waals surface area contributed by atoms with Gasteiger partial charge in [0.15, 0.2) is 0 Å². The van der Waals surface area contributed by atoms with Crippen LogP contribution < -0.4 is 0 Å². The molecular weight excluding hydrogens is 152 g/mol. The summed E-state index contributed by atoms with van der Waals surface area (Å²) in [6, 6.07) is 0.